The number of urea groups is 1. The first-order valence-corrected chi connectivity index (χ1v) is 8.17. The van der Waals surface area contributed by atoms with Crippen molar-refractivity contribution in [1.82, 2.24) is 14.7 Å². The van der Waals surface area contributed by atoms with Crippen molar-refractivity contribution in [3.05, 3.63) is 0 Å². The predicted octanol–water partition coefficient (Wildman–Crippen LogP) is 1.25. The molecule has 5 nitrogen and oxygen atoms in total. The summed E-state index contributed by atoms with van der Waals surface area (Å²) in [5, 5.41) is 0. The second kappa shape index (κ2) is 6.76. The number of hydrogen-bond acceptors (Lipinski definition) is 3. The van der Waals surface area contributed by atoms with Crippen molar-refractivity contribution in [1.29, 1.82) is 0 Å². The van der Waals surface area contributed by atoms with Gasteiger partial charge in [0.05, 0.1) is 13.2 Å². The maximum Gasteiger partial charge on any atom is 0.320 e. The molecule has 0 aromatic carbocycles. The van der Waals surface area contributed by atoms with Gasteiger partial charge in [-0.25, -0.2) is 4.79 Å². The van der Waals surface area contributed by atoms with Gasteiger partial charge in [-0.15, -0.1) is 0 Å². The van der Waals surface area contributed by atoms with Gasteiger partial charge in [0.2, 0.25) is 0 Å². The molecule has 0 saturated carbocycles. The van der Waals surface area contributed by atoms with Crippen molar-refractivity contribution in [3.63, 3.8) is 0 Å². The number of hydrogen-bond donors (Lipinski definition) is 0. The summed E-state index contributed by atoms with van der Waals surface area (Å²) in [6, 6.07) is 0.230. The average Bonchev–Trinajstić information content (AvgIpc) is 3.01. The lowest BCUT2D eigenvalue weighted by Gasteiger charge is -2.37. The third-order valence-electron chi connectivity index (χ3n) is 4.88. The summed E-state index contributed by atoms with van der Waals surface area (Å²) in [5.41, 5.74) is 0. The maximum absolute atomic E-state index is 12.4. The highest BCUT2D eigenvalue weighted by atomic mass is 16.5. The molecule has 0 atom stereocenters. The Morgan fingerprint density at radius 1 is 0.900 bits per heavy atom. The van der Waals surface area contributed by atoms with Crippen LogP contribution < -0.4 is 0 Å². The van der Waals surface area contributed by atoms with E-state index in [1.165, 1.54) is 45.3 Å². The summed E-state index contributed by atoms with van der Waals surface area (Å²) >= 11 is 0. The van der Waals surface area contributed by atoms with Crippen LogP contribution >= 0.6 is 0 Å². The highest BCUT2D eigenvalue weighted by Crippen LogP contribution is 2.21. The van der Waals surface area contributed by atoms with Crippen LogP contribution in [-0.4, -0.2) is 79.8 Å². The minimum atomic E-state index is 0.230. The minimum absolute atomic E-state index is 0.230. The first-order chi connectivity index (χ1) is 9.83. The zero-order valence-electron chi connectivity index (χ0n) is 12.4. The van der Waals surface area contributed by atoms with Crippen LogP contribution in [0.25, 0.3) is 0 Å². The quantitative estimate of drug-likeness (QED) is 0.764. The Bertz CT molecular complexity index is 317. The lowest BCUT2D eigenvalue weighted by molar-refractivity contribution is 0.0393. The van der Waals surface area contributed by atoms with E-state index < -0.39 is 0 Å². The smallest absolute Gasteiger partial charge is 0.320 e. The highest BCUT2D eigenvalue weighted by Gasteiger charge is 2.28. The second-order valence-electron chi connectivity index (χ2n) is 6.32. The van der Waals surface area contributed by atoms with E-state index in [4.69, 9.17) is 4.74 Å². The van der Waals surface area contributed by atoms with Crippen molar-refractivity contribution in [2.45, 2.75) is 25.7 Å². The molecule has 3 rings (SSSR count). The van der Waals surface area contributed by atoms with Crippen molar-refractivity contribution in [2.75, 3.05) is 59.0 Å². The molecule has 0 aromatic heterocycles. The predicted molar refractivity (Wildman–Crippen MR) is 77.8 cm³/mol. The van der Waals surface area contributed by atoms with Gasteiger partial charge in [-0.05, 0) is 44.7 Å². The Hall–Kier alpha value is -0.810. The van der Waals surface area contributed by atoms with Gasteiger partial charge in [0.1, 0.15) is 0 Å². The van der Waals surface area contributed by atoms with E-state index in [1.807, 2.05) is 9.80 Å². The number of ether oxygens (including phenoxy) is 1. The summed E-state index contributed by atoms with van der Waals surface area (Å²) in [6.45, 7) is 8.59. The van der Waals surface area contributed by atoms with Gasteiger partial charge >= 0.3 is 6.03 Å². The molecule has 0 N–H and O–H groups in total. The molecule has 0 aliphatic carbocycles. The number of morpholine rings is 1. The van der Waals surface area contributed by atoms with Gasteiger partial charge < -0.3 is 19.4 Å². The van der Waals surface area contributed by atoms with Crippen LogP contribution in [-0.2, 0) is 4.74 Å². The molecule has 0 aromatic rings. The van der Waals surface area contributed by atoms with Gasteiger partial charge in [-0.3, -0.25) is 0 Å². The number of carbonyl (C=O) groups is 1. The highest BCUT2D eigenvalue weighted by molar-refractivity contribution is 5.74. The first-order valence-electron chi connectivity index (χ1n) is 8.17. The van der Waals surface area contributed by atoms with Crippen LogP contribution in [0.1, 0.15) is 25.7 Å². The molecule has 3 aliphatic rings. The molecule has 5 heteroatoms. The van der Waals surface area contributed by atoms with Gasteiger partial charge in [-0.1, -0.05) is 0 Å². The summed E-state index contributed by atoms with van der Waals surface area (Å²) in [4.78, 5) is 19.0. The van der Waals surface area contributed by atoms with Crippen molar-refractivity contribution >= 4 is 6.03 Å². The molecule has 3 heterocycles. The Balaban J connectivity index is 1.41. The first kappa shape index (κ1) is 14.1. The number of rotatable bonds is 2. The average molecular weight is 281 g/mol. The van der Waals surface area contributed by atoms with E-state index in [2.05, 4.69) is 4.90 Å². The Morgan fingerprint density at radius 2 is 1.50 bits per heavy atom. The Labute approximate surface area is 121 Å². The molecule has 0 radical (unpaired) electrons. The van der Waals surface area contributed by atoms with Crippen LogP contribution in [0.2, 0.25) is 0 Å². The monoisotopic (exact) mass is 281 g/mol. The Morgan fingerprint density at radius 3 is 2.15 bits per heavy atom. The summed E-state index contributed by atoms with van der Waals surface area (Å²) < 4.78 is 5.31. The summed E-state index contributed by atoms with van der Waals surface area (Å²) in [7, 11) is 0. The molecule has 3 aliphatic heterocycles. The zero-order valence-corrected chi connectivity index (χ0v) is 12.4. The molecule has 3 fully saturated rings. The lowest BCUT2D eigenvalue weighted by Crippen LogP contribution is -2.50. The summed E-state index contributed by atoms with van der Waals surface area (Å²) in [5.74, 6) is 0.793. The van der Waals surface area contributed by atoms with Crippen LogP contribution in [0.4, 0.5) is 4.79 Å². The molecular weight excluding hydrogens is 254 g/mol. The van der Waals surface area contributed by atoms with E-state index >= 15 is 0 Å². The van der Waals surface area contributed by atoms with Crippen molar-refractivity contribution < 1.29 is 9.53 Å². The molecule has 0 unspecified atom stereocenters. The van der Waals surface area contributed by atoms with Crippen LogP contribution in [0.5, 0.6) is 0 Å². The topological polar surface area (TPSA) is 36.0 Å². The molecule has 114 valence electrons. The van der Waals surface area contributed by atoms with Crippen LogP contribution in [0.15, 0.2) is 0 Å². The van der Waals surface area contributed by atoms with Gasteiger partial charge in [-0.2, -0.15) is 0 Å². The van der Waals surface area contributed by atoms with E-state index in [9.17, 15) is 4.79 Å². The number of nitrogens with zero attached hydrogens (tertiary/aromatic N) is 3. The number of amides is 2. The third kappa shape index (κ3) is 3.44. The van der Waals surface area contributed by atoms with Gasteiger partial charge in [0, 0.05) is 32.7 Å². The normalized spacial score (nSPS) is 26.2. The zero-order chi connectivity index (χ0) is 13.8. The number of carbonyl (C=O) groups excluding carboxylic acids is 1. The van der Waals surface area contributed by atoms with Crippen LogP contribution in [0, 0.1) is 5.92 Å². The summed E-state index contributed by atoms with van der Waals surface area (Å²) in [6.07, 6.45) is 5.09. The van der Waals surface area contributed by atoms with Crippen molar-refractivity contribution in [2.24, 2.45) is 5.92 Å². The van der Waals surface area contributed by atoms with E-state index in [0.29, 0.717) is 13.2 Å². The van der Waals surface area contributed by atoms with Crippen LogP contribution in [0.3, 0.4) is 0 Å². The van der Waals surface area contributed by atoms with E-state index in [-0.39, 0.29) is 6.03 Å². The number of piperidine rings is 1. The SMILES string of the molecule is O=C(N1CCOCC1)N1CCC(CN2CCCC2)CC1. The Kier molecular flexibility index (Phi) is 4.78. The minimum Gasteiger partial charge on any atom is -0.378 e. The van der Waals surface area contributed by atoms with Gasteiger partial charge in [0.15, 0.2) is 0 Å². The maximum atomic E-state index is 12.4. The fraction of sp³-hybridized carbons (Fsp3) is 0.933. The third-order valence-corrected chi connectivity index (χ3v) is 4.88. The van der Waals surface area contributed by atoms with E-state index in [0.717, 1.165) is 32.1 Å². The van der Waals surface area contributed by atoms with Crippen molar-refractivity contribution in [3.8, 4) is 0 Å². The molecule has 0 spiro atoms. The lowest BCUT2D eigenvalue weighted by atomic mass is 9.96. The molecule has 2 amide bonds. The standard InChI is InChI=1S/C15H27N3O2/c19-15(18-9-11-20-12-10-18)17-7-3-14(4-8-17)13-16-5-1-2-6-16/h14H,1-13H2. The molecule has 3 saturated heterocycles. The van der Waals surface area contributed by atoms with E-state index in [1.54, 1.807) is 0 Å². The largest absolute Gasteiger partial charge is 0.378 e. The van der Waals surface area contributed by atoms with Gasteiger partial charge in [0.25, 0.3) is 0 Å². The fourth-order valence-corrected chi connectivity index (χ4v) is 3.59. The molecular formula is C15H27N3O2. The molecule has 0 bridgehead atoms. The molecule has 20 heavy (non-hydrogen) atoms. The fourth-order valence-electron chi connectivity index (χ4n) is 3.59. The number of likely N-dealkylation sites (tertiary alicyclic amines) is 2. The second-order valence-corrected chi connectivity index (χ2v) is 6.32.